The highest BCUT2D eigenvalue weighted by atomic mass is 19.1. The van der Waals surface area contributed by atoms with Crippen molar-refractivity contribution < 1.29 is 4.39 Å². The van der Waals surface area contributed by atoms with Crippen LogP contribution in [0.25, 0.3) is 0 Å². The van der Waals surface area contributed by atoms with Crippen molar-refractivity contribution in [2.45, 2.75) is 6.54 Å². The van der Waals surface area contributed by atoms with Crippen LogP contribution in [-0.4, -0.2) is 31.1 Å². The fraction of sp³-hybridized carbons (Fsp3) is 0.278. The summed E-state index contributed by atoms with van der Waals surface area (Å²) < 4.78 is 13.0. The molecule has 1 heterocycles. The molecule has 0 saturated carbocycles. The summed E-state index contributed by atoms with van der Waals surface area (Å²) in [7, 11) is 0. The van der Waals surface area contributed by atoms with Crippen LogP contribution in [0, 0.1) is 17.1 Å². The van der Waals surface area contributed by atoms with Gasteiger partial charge in [0, 0.05) is 38.4 Å². The van der Waals surface area contributed by atoms with Gasteiger partial charge in [-0.15, -0.1) is 0 Å². The molecule has 2 aromatic rings. The Bertz CT molecular complexity index is 650. The number of anilines is 1. The molecule has 0 unspecified atom stereocenters. The Hall–Kier alpha value is -2.38. The van der Waals surface area contributed by atoms with Crippen LogP contribution >= 0.6 is 0 Å². The maximum Gasteiger partial charge on any atom is 0.123 e. The van der Waals surface area contributed by atoms with Gasteiger partial charge in [-0.25, -0.2) is 4.39 Å². The normalized spacial score (nSPS) is 15.5. The first kappa shape index (κ1) is 14.6. The van der Waals surface area contributed by atoms with Gasteiger partial charge in [0.2, 0.25) is 0 Å². The predicted octanol–water partition coefficient (Wildman–Crippen LogP) is 3.02. The molecule has 1 fully saturated rings. The third-order valence-corrected chi connectivity index (χ3v) is 4.05. The lowest BCUT2D eigenvalue weighted by atomic mass is 10.1. The average Bonchev–Trinajstić information content (AvgIpc) is 2.57. The number of nitriles is 1. The van der Waals surface area contributed by atoms with Crippen molar-refractivity contribution >= 4 is 5.69 Å². The molecule has 22 heavy (non-hydrogen) atoms. The average molecular weight is 295 g/mol. The van der Waals surface area contributed by atoms with Gasteiger partial charge in [-0.3, -0.25) is 4.90 Å². The molecule has 4 heteroatoms. The zero-order valence-corrected chi connectivity index (χ0v) is 12.4. The lowest BCUT2D eigenvalue weighted by Crippen LogP contribution is -2.45. The first-order valence-electron chi connectivity index (χ1n) is 7.46. The van der Waals surface area contributed by atoms with Crippen LogP contribution < -0.4 is 4.90 Å². The van der Waals surface area contributed by atoms with Crippen molar-refractivity contribution in [1.82, 2.24) is 4.90 Å². The van der Waals surface area contributed by atoms with Gasteiger partial charge < -0.3 is 4.90 Å². The SMILES string of the molecule is N#Cc1ccc(CN2CCN(c3ccc(F)cc3)CC2)cc1. The van der Waals surface area contributed by atoms with E-state index in [1.165, 1.54) is 17.7 Å². The van der Waals surface area contributed by atoms with Crippen molar-refractivity contribution in [1.29, 1.82) is 5.26 Å². The van der Waals surface area contributed by atoms with E-state index in [0.717, 1.165) is 38.4 Å². The molecule has 0 aromatic heterocycles. The van der Waals surface area contributed by atoms with Gasteiger partial charge in [-0.05, 0) is 42.0 Å². The predicted molar refractivity (Wildman–Crippen MR) is 85.0 cm³/mol. The van der Waals surface area contributed by atoms with Crippen molar-refractivity contribution in [3.63, 3.8) is 0 Å². The maximum atomic E-state index is 13.0. The number of halogens is 1. The molecule has 2 aromatic carbocycles. The number of piperazine rings is 1. The smallest absolute Gasteiger partial charge is 0.123 e. The van der Waals surface area contributed by atoms with E-state index >= 15 is 0 Å². The molecule has 3 rings (SSSR count). The monoisotopic (exact) mass is 295 g/mol. The Morgan fingerprint density at radius 1 is 0.909 bits per heavy atom. The molecular weight excluding hydrogens is 277 g/mol. The van der Waals surface area contributed by atoms with E-state index in [1.807, 2.05) is 36.4 Å². The van der Waals surface area contributed by atoms with Crippen LogP contribution in [0.3, 0.4) is 0 Å². The minimum Gasteiger partial charge on any atom is -0.369 e. The highest BCUT2D eigenvalue weighted by Gasteiger charge is 2.17. The van der Waals surface area contributed by atoms with E-state index in [-0.39, 0.29) is 5.82 Å². The number of hydrogen-bond acceptors (Lipinski definition) is 3. The minimum absolute atomic E-state index is 0.191. The Balaban J connectivity index is 1.55. The molecular formula is C18H18FN3. The standard InChI is InChI=1S/C18H18FN3/c19-17-5-7-18(8-6-17)22-11-9-21(10-12-22)14-16-3-1-15(13-20)2-4-16/h1-8H,9-12,14H2. The third-order valence-electron chi connectivity index (χ3n) is 4.05. The lowest BCUT2D eigenvalue weighted by molar-refractivity contribution is 0.250. The Labute approximate surface area is 130 Å². The van der Waals surface area contributed by atoms with Gasteiger partial charge in [0.1, 0.15) is 5.82 Å². The lowest BCUT2D eigenvalue weighted by Gasteiger charge is -2.36. The molecule has 0 radical (unpaired) electrons. The number of benzene rings is 2. The summed E-state index contributed by atoms with van der Waals surface area (Å²) in [5.74, 6) is -0.191. The fourth-order valence-corrected chi connectivity index (χ4v) is 2.76. The molecule has 0 N–H and O–H groups in total. The summed E-state index contributed by atoms with van der Waals surface area (Å²) in [6, 6.07) is 16.6. The zero-order valence-electron chi connectivity index (χ0n) is 12.4. The minimum atomic E-state index is -0.191. The van der Waals surface area contributed by atoms with E-state index in [4.69, 9.17) is 5.26 Å². The Kier molecular flexibility index (Phi) is 4.36. The van der Waals surface area contributed by atoms with Crippen LogP contribution in [-0.2, 0) is 6.54 Å². The van der Waals surface area contributed by atoms with Crippen molar-refractivity contribution in [3.8, 4) is 6.07 Å². The second kappa shape index (κ2) is 6.59. The van der Waals surface area contributed by atoms with Crippen LogP contribution in [0.2, 0.25) is 0 Å². The topological polar surface area (TPSA) is 30.3 Å². The molecule has 0 spiro atoms. The molecule has 1 aliphatic rings. The summed E-state index contributed by atoms with van der Waals surface area (Å²) in [6.45, 7) is 4.77. The first-order valence-corrected chi connectivity index (χ1v) is 7.46. The van der Waals surface area contributed by atoms with E-state index in [9.17, 15) is 4.39 Å². The van der Waals surface area contributed by atoms with Gasteiger partial charge in [0.15, 0.2) is 0 Å². The first-order chi connectivity index (χ1) is 10.7. The van der Waals surface area contributed by atoms with Crippen molar-refractivity contribution in [2.24, 2.45) is 0 Å². The van der Waals surface area contributed by atoms with Gasteiger partial charge >= 0.3 is 0 Å². The van der Waals surface area contributed by atoms with Crippen LogP contribution in [0.1, 0.15) is 11.1 Å². The summed E-state index contributed by atoms with van der Waals surface area (Å²) in [5, 5.41) is 8.82. The van der Waals surface area contributed by atoms with E-state index < -0.39 is 0 Å². The molecule has 0 atom stereocenters. The summed E-state index contributed by atoms with van der Waals surface area (Å²) in [5.41, 5.74) is 3.01. The quantitative estimate of drug-likeness (QED) is 0.872. The molecule has 112 valence electrons. The molecule has 1 saturated heterocycles. The van der Waals surface area contributed by atoms with Gasteiger partial charge in [-0.2, -0.15) is 5.26 Å². The highest BCUT2D eigenvalue weighted by Crippen LogP contribution is 2.18. The Morgan fingerprint density at radius 2 is 1.55 bits per heavy atom. The molecule has 0 aliphatic carbocycles. The highest BCUT2D eigenvalue weighted by molar-refractivity contribution is 5.46. The van der Waals surface area contributed by atoms with Crippen LogP contribution in [0.5, 0.6) is 0 Å². The van der Waals surface area contributed by atoms with Gasteiger partial charge in [0.25, 0.3) is 0 Å². The second-order valence-corrected chi connectivity index (χ2v) is 5.55. The van der Waals surface area contributed by atoms with Crippen molar-refractivity contribution in [3.05, 3.63) is 65.5 Å². The maximum absolute atomic E-state index is 13.0. The molecule has 0 amide bonds. The molecule has 1 aliphatic heterocycles. The number of rotatable bonds is 3. The van der Waals surface area contributed by atoms with Gasteiger partial charge in [-0.1, -0.05) is 12.1 Å². The summed E-state index contributed by atoms with van der Waals surface area (Å²) in [6.07, 6.45) is 0. The van der Waals surface area contributed by atoms with E-state index in [1.54, 1.807) is 0 Å². The number of hydrogen-bond donors (Lipinski definition) is 0. The largest absolute Gasteiger partial charge is 0.369 e. The summed E-state index contributed by atoms with van der Waals surface area (Å²) >= 11 is 0. The second-order valence-electron chi connectivity index (χ2n) is 5.55. The molecule has 3 nitrogen and oxygen atoms in total. The van der Waals surface area contributed by atoms with E-state index in [2.05, 4.69) is 15.9 Å². The summed E-state index contributed by atoms with van der Waals surface area (Å²) in [4.78, 5) is 4.69. The van der Waals surface area contributed by atoms with Crippen LogP contribution in [0.15, 0.2) is 48.5 Å². The number of nitrogens with zero attached hydrogens (tertiary/aromatic N) is 3. The fourth-order valence-electron chi connectivity index (χ4n) is 2.76. The third kappa shape index (κ3) is 3.44. The van der Waals surface area contributed by atoms with Crippen LogP contribution in [0.4, 0.5) is 10.1 Å². The Morgan fingerprint density at radius 3 is 2.14 bits per heavy atom. The molecule has 0 bridgehead atoms. The zero-order chi connectivity index (χ0) is 15.4. The van der Waals surface area contributed by atoms with Gasteiger partial charge in [0.05, 0.1) is 11.6 Å². The van der Waals surface area contributed by atoms with E-state index in [0.29, 0.717) is 5.56 Å². The van der Waals surface area contributed by atoms with Crippen molar-refractivity contribution in [2.75, 3.05) is 31.1 Å².